The zero-order valence-corrected chi connectivity index (χ0v) is 10.9. The molecule has 1 aromatic carbocycles. The summed E-state index contributed by atoms with van der Waals surface area (Å²) in [7, 11) is 0. The molecule has 20 heavy (non-hydrogen) atoms. The second-order valence-electron chi connectivity index (χ2n) is 5.24. The fraction of sp³-hybridized carbons (Fsp3) is 0.429. The Balaban J connectivity index is 2.03. The van der Waals surface area contributed by atoms with Crippen LogP contribution < -0.4 is 5.32 Å². The van der Waals surface area contributed by atoms with Gasteiger partial charge in [0.25, 0.3) is 5.91 Å². The third-order valence-electron chi connectivity index (χ3n) is 3.78. The quantitative estimate of drug-likeness (QED) is 0.769. The van der Waals surface area contributed by atoms with Crippen molar-refractivity contribution in [2.75, 3.05) is 6.54 Å². The summed E-state index contributed by atoms with van der Waals surface area (Å²) in [5.41, 5.74) is -0.847. The Morgan fingerprint density at radius 2 is 2.05 bits per heavy atom. The predicted molar refractivity (Wildman–Crippen MR) is 68.9 cm³/mol. The fourth-order valence-corrected chi connectivity index (χ4v) is 2.51. The molecule has 1 saturated carbocycles. The van der Waals surface area contributed by atoms with Gasteiger partial charge in [0, 0.05) is 6.54 Å². The highest BCUT2D eigenvalue weighted by atomic mass is 19.1. The lowest BCUT2D eigenvalue weighted by atomic mass is 9.66. The summed E-state index contributed by atoms with van der Waals surface area (Å²) in [6, 6.07) is 3.62. The summed E-state index contributed by atoms with van der Waals surface area (Å²) in [4.78, 5) is 22.7. The van der Waals surface area contributed by atoms with Crippen molar-refractivity contribution in [2.24, 2.45) is 5.41 Å². The molecule has 0 saturated heterocycles. The highest BCUT2D eigenvalue weighted by Crippen LogP contribution is 2.43. The van der Waals surface area contributed by atoms with Crippen LogP contribution in [0.3, 0.4) is 0 Å². The van der Waals surface area contributed by atoms with Crippen LogP contribution in [0.1, 0.15) is 36.0 Å². The van der Waals surface area contributed by atoms with Gasteiger partial charge < -0.3 is 15.5 Å². The minimum absolute atomic E-state index is 0.0173. The third kappa shape index (κ3) is 2.89. The van der Waals surface area contributed by atoms with E-state index in [0.717, 1.165) is 25.3 Å². The summed E-state index contributed by atoms with van der Waals surface area (Å²) in [5.74, 6) is -2.86. The lowest BCUT2D eigenvalue weighted by Crippen LogP contribution is -2.43. The molecule has 3 N–H and O–H groups in total. The largest absolute Gasteiger partial charge is 0.507 e. The highest BCUT2D eigenvalue weighted by Gasteiger charge is 2.39. The van der Waals surface area contributed by atoms with Crippen LogP contribution in [0.4, 0.5) is 4.39 Å². The first-order valence-electron chi connectivity index (χ1n) is 6.41. The van der Waals surface area contributed by atoms with E-state index in [1.54, 1.807) is 0 Å². The number of carbonyl (C=O) groups excluding carboxylic acids is 1. The Labute approximate surface area is 115 Å². The molecular weight excluding hydrogens is 265 g/mol. The van der Waals surface area contributed by atoms with Gasteiger partial charge in [-0.15, -0.1) is 0 Å². The zero-order valence-electron chi connectivity index (χ0n) is 10.9. The minimum atomic E-state index is -0.910. The van der Waals surface area contributed by atoms with Crippen LogP contribution in [0, 0.1) is 11.2 Å². The normalized spacial score (nSPS) is 16.2. The van der Waals surface area contributed by atoms with Crippen molar-refractivity contribution < 1.29 is 24.2 Å². The van der Waals surface area contributed by atoms with Gasteiger partial charge in [0.2, 0.25) is 0 Å². The molecule has 5 nitrogen and oxygen atoms in total. The van der Waals surface area contributed by atoms with E-state index in [-0.39, 0.29) is 13.0 Å². The van der Waals surface area contributed by atoms with Gasteiger partial charge in [-0.05, 0) is 30.4 Å². The first-order chi connectivity index (χ1) is 9.43. The van der Waals surface area contributed by atoms with Crippen molar-refractivity contribution >= 4 is 11.9 Å². The molecule has 0 aliphatic heterocycles. The molecule has 0 atom stereocenters. The second kappa shape index (κ2) is 5.48. The van der Waals surface area contributed by atoms with Gasteiger partial charge >= 0.3 is 5.97 Å². The van der Waals surface area contributed by atoms with Crippen LogP contribution in [0.5, 0.6) is 5.75 Å². The lowest BCUT2D eigenvalue weighted by molar-refractivity contribution is -0.141. The summed E-state index contributed by atoms with van der Waals surface area (Å²) in [6.45, 7) is 0.173. The van der Waals surface area contributed by atoms with E-state index in [1.165, 1.54) is 12.1 Å². The summed E-state index contributed by atoms with van der Waals surface area (Å²) >= 11 is 0. The molecule has 1 aliphatic rings. The number of rotatable bonds is 5. The standard InChI is InChI=1S/C14H16FNO4/c15-9-3-1-4-10(17)12(9)13(20)16-8-14(5-2-6-14)7-11(18)19/h1,3-4,17H,2,5-8H2,(H,16,20)(H,18,19). The Hall–Kier alpha value is -2.11. The number of aliphatic carboxylic acids is 1. The van der Waals surface area contributed by atoms with Crippen molar-refractivity contribution in [3.8, 4) is 5.75 Å². The molecule has 0 spiro atoms. The SMILES string of the molecule is O=C(O)CC1(CNC(=O)c2c(O)cccc2F)CCC1. The van der Waals surface area contributed by atoms with Gasteiger partial charge in [0.1, 0.15) is 17.1 Å². The monoisotopic (exact) mass is 281 g/mol. The van der Waals surface area contributed by atoms with Crippen molar-refractivity contribution in [2.45, 2.75) is 25.7 Å². The van der Waals surface area contributed by atoms with Gasteiger partial charge in [-0.2, -0.15) is 0 Å². The van der Waals surface area contributed by atoms with E-state index in [9.17, 15) is 19.1 Å². The number of nitrogens with one attached hydrogen (secondary N) is 1. The lowest BCUT2D eigenvalue weighted by Gasteiger charge is -2.40. The van der Waals surface area contributed by atoms with Crippen molar-refractivity contribution in [1.82, 2.24) is 5.32 Å². The molecule has 0 heterocycles. The number of carboxylic acid groups (broad SMARTS) is 1. The summed E-state index contributed by atoms with van der Waals surface area (Å²) < 4.78 is 13.5. The van der Waals surface area contributed by atoms with Gasteiger partial charge in [-0.3, -0.25) is 9.59 Å². The van der Waals surface area contributed by atoms with Gasteiger partial charge in [0.05, 0.1) is 6.42 Å². The van der Waals surface area contributed by atoms with Gasteiger partial charge in [0.15, 0.2) is 0 Å². The number of carboxylic acids is 1. The van der Waals surface area contributed by atoms with Gasteiger partial charge in [-0.25, -0.2) is 4.39 Å². The van der Waals surface area contributed by atoms with Crippen LogP contribution in [-0.4, -0.2) is 28.6 Å². The van der Waals surface area contributed by atoms with E-state index in [0.29, 0.717) is 0 Å². The van der Waals surface area contributed by atoms with E-state index in [2.05, 4.69) is 5.32 Å². The predicted octanol–water partition coefficient (Wildman–Crippen LogP) is 1.91. The average molecular weight is 281 g/mol. The average Bonchev–Trinajstić information content (AvgIpc) is 2.31. The van der Waals surface area contributed by atoms with E-state index < -0.39 is 34.4 Å². The minimum Gasteiger partial charge on any atom is -0.507 e. The molecule has 1 aromatic rings. The number of hydrogen-bond acceptors (Lipinski definition) is 3. The molecule has 0 unspecified atom stereocenters. The number of benzene rings is 1. The van der Waals surface area contributed by atoms with E-state index >= 15 is 0 Å². The van der Waals surface area contributed by atoms with E-state index in [4.69, 9.17) is 5.11 Å². The van der Waals surface area contributed by atoms with Crippen molar-refractivity contribution in [3.05, 3.63) is 29.6 Å². The molecule has 1 amide bonds. The highest BCUT2D eigenvalue weighted by molar-refractivity contribution is 5.97. The van der Waals surface area contributed by atoms with Crippen molar-refractivity contribution in [3.63, 3.8) is 0 Å². The van der Waals surface area contributed by atoms with Crippen LogP contribution in [0.25, 0.3) is 0 Å². The molecule has 2 rings (SSSR count). The number of hydrogen-bond donors (Lipinski definition) is 3. The smallest absolute Gasteiger partial charge is 0.303 e. The molecule has 0 bridgehead atoms. The number of phenolic OH excluding ortho intramolecular Hbond substituents is 1. The maximum atomic E-state index is 13.5. The molecule has 108 valence electrons. The van der Waals surface area contributed by atoms with Crippen LogP contribution >= 0.6 is 0 Å². The number of carbonyl (C=O) groups is 2. The Morgan fingerprint density at radius 3 is 2.55 bits per heavy atom. The molecule has 1 aliphatic carbocycles. The maximum Gasteiger partial charge on any atom is 0.303 e. The first kappa shape index (κ1) is 14.3. The molecular formula is C14H16FNO4. The summed E-state index contributed by atoms with van der Waals surface area (Å²) in [6.07, 6.45) is 2.36. The third-order valence-corrected chi connectivity index (χ3v) is 3.78. The van der Waals surface area contributed by atoms with E-state index in [1.807, 2.05) is 0 Å². The molecule has 6 heteroatoms. The van der Waals surface area contributed by atoms with Crippen molar-refractivity contribution in [1.29, 1.82) is 0 Å². The first-order valence-corrected chi connectivity index (χ1v) is 6.41. The Kier molecular flexibility index (Phi) is 3.92. The van der Waals surface area contributed by atoms with Crippen LogP contribution in [0.15, 0.2) is 18.2 Å². The zero-order chi connectivity index (χ0) is 14.8. The van der Waals surface area contributed by atoms with Crippen LogP contribution in [-0.2, 0) is 4.79 Å². The Morgan fingerprint density at radius 1 is 1.35 bits per heavy atom. The summed E-state index contributed by atoms with van der Waals surface area (Å²) in [5, 5.41) is 20.9. The maximum absolute atomic E-state index is 13.5. The second-order valence-corrected chi connectivity index (χ2v) is 5.24. The number of halogens is 1. The van der Waals surface area contributed by atoms with Crippen LogP contribution in [0.2, 0.25) is 0 Å². The molecule has 0 radical (unpaired) electrons. The number of amides is 1. The molecule has 1 fully saturated rings. The topological polar surface area (TPSA) is 86.6 Å². The molecule has 0 aromatic heterocycles. The Bertz CT molecular complexity index is 520. The number of phenols is 1. The fourth-order valence-electron chi connectivity index (χ4n) is 2.51. The van der Waals surface area contributed by atoms with Gasteiger partial charge in [-0.1, -0.05) is 12.5 Å². The number of aromatic hydroxyl groups is 1.